The first-order valence-electron chi connectivity index (χ1n) is 7.37. The van der Waals surface area contributed by atoms with Crippen molar-refractivity contribution in [1.82, 2.24) is 9.97 Å². The zero-order valence-corrected chi connectivity index (χ0v) is 13.4. The molecule has 0 amide bonds. The fourth-order valence-electron chi connectivity index (χ4n) is 2.31. The van der Waals surface area contributed by atoms with Gasteiger partial charge in [-0.2, -0.15) is 0 Å². The molecule has 4 nitrogen and oxygen atoms in total. The van der Waals surface area contributed by atoms with E-state index in [0.717, 1.165) is 35.1 Å². The normalized spacial score (nSPS) is 10.8. The average molecular weight is 285 g/mol. The molecule has 0 unspecified atom stereocenters. The molecule has 21 heavy (non-hydrogen) atoms. The van der Waals surface area contributed by atoms with E-state index < -0.39 is 0 Å². The summed E-state index contributed by atoms with van der Waals surface area (Å²) >= 11 is 0. The highest BCUT2D eigenvalue weighted by atomic mass is 16.5. The molecule has 1 N–H and O–H groups in total. The van der Waals surface area contributed by atoms with Crippen molar-refractivity contribution in [2.45, 2.75) is 40.2 Å². The number of hydrogen-bond donors (Lipinski definition) is 1. The van der Waals surface area contributed by atoms with Gasteiger partial charge in [0.25, 0.3) is 0 Å². The van der Waals surface area contributed by atoms with Gasteiger partial charge in [-0.3, -0.25) is 0 Å². The molecule has 0 aliphatic carbocycles. The summed E-state index contributed by atoms with van der Waals surface area (Å²) < 4.78 is 5.66. The molecule has 1 aromatic heterocycles. The van der Waals surface area contributed by atoms with Gasteiger partial charge in [0.05, 0.1) is 6.10 Å². The molecule has 1 aromatic carbocycles. The third kappa shape index (κ3) is 3.51. The maximum absolute atomic E-state index is 5.66. The lowest BCUT2D eigenvalue weighted by Gasteiger charge is -2.12. The van der Waals surface area contributed by atoms with E-state index in [1.165, 1.54) is 5.56 Å². The standard InChI is InChI=1S/C17H23N3O/c1-6-15-12(4)19-16(20-17(15)18-5)13-7-9-14(10-8-13)21-11(2)3/h7-11H,6H2,1-5H3,(H,18,19,20). The molecule has 0 aliphatic heterocycles. The van der Waals surface area contributed by atoms with Crippen molar-refractivity contribution >= 4 is 5.82 Å². The summed E-state index contributed by atoms with van der Waals surface area (Å²) in [7, 11) is 1.89. The minimum absolute atomic E-state index is 0.175. The molecule has 0 saturated heterocycles. The van der Waals surface area contributed by atoms with E-state index in [2.05, 4.69) is 22.2 Å². The summed E-state index contributed by atoms with van der Waals surface area (Å²) in [5.74, 6) is 2.51. The number of ether oxygens (including phenoxy) is 1. The molecule has 2 aromatic rings. The number of aromatic nitrogens is 2. The summed E-state index contributed by atoms with van der Waals surface area (Å²) in [5.41, 5.74) is 3.18. The largest absolute Gasteiger partial charge is 0.491 e. The number of nitrogens with zero attached hydrogens (tertiary/aromatic N) is 2. The van der Waals surface area contributed by atoms with Crippen molar-refractivity contribution in [2.24, 2.45) is 0 Å². The minimum Gasteiger partial charge on any atom is -0.491 e. The average Bonchev–Trinajstić information content (AvgIpc) is 2.46. The molecule has 0 aliphatic rings. The second-order valence-electron chi connectivity index (χ2n) is 5.25. The molecule has 0 radical (unpaired) electrons. The first-order chi connectivity index (χ1) is 10.0. The van der Waals surface area contributed by atoms with E-state index in [0.29, 0.717) is 0 Å². The van der Waals surface area contributed by atoms with Gasteiger partial charge in [-0.05, 0) is 51.5 Å². The SMILES string of the molecule is CCc1c(C)nc(-c2ccc(OC(C)C)cc2)nc1NC. The van der Waals surface area contributed by atoms with Crippen LogP contribution in [0, 0.1) is 6.92 Å². The summed E-state index contributed by atoms with van der Waals surface area (Å²) in [6.07, 6.45) is 1.10. The van der Waals surface area contributed by atoms with Gasteiger partial charge in [0.15, 0.2) is 5.82 Å². The van der Waals surface area contributed by atoms with Crippen LogP contribution in [0.15, 0.2) is 24.3 Å². The van der Waals surface area contributed by atoms with E-state index in [1.807, 2.05) is 52.1 Å². The van der Waals surface area contributed by atoms with Crippen LogP contribution in [-0.2, 0) is 6.42 Å². The Morgan fingerprint density at radius 3 is 2.33 bits per heavy atom. The van der Waals surface area contributed by atoms with Gasteiger partial charge in [-0.25, -0.2) is 9.97 Å². The van der Waals surface area contributed by atoms with Crippen LogP contribution >= 0.6 is 0 Å². The summed E-state index contributed by atoms with van der Waals surface area (Å²) in [6, 6.07) is 7.91. The Morgan fingerprint density at radius 2 is 1.81 bits per heavy atom. The zero-order valence-electron chi connectivity index (χ0n) is 13.4. The second kappa shape index (κ2) is 6.57. The maximum atomic E-state index is 5.66. The van der Waals surface area contributed by atoms with Crippen molar-refractivity contribution in [3.8, 4) is 17.1 Å². The molecule has 0 atom stereocenters. The van der Waals surface area contributed by atoms with Gasteiger partial charge in [-0.15, -0.1) is 0 Å². The van der Waals surface area contributed by atoms with Crippen LogP contribution in [-0.4, -0.2) is 23.1 Å². The van der Waals surface area contributed by atoms with E-state index in [9.17, 15) is 0 Å². The topological polar surface area (TPSA) is 47.0 Å². The highest BCUT2D eigenvalue weighted by molar-refractivity contribution is 5.60. The predicted octanol–water partition coefficient (Wildman–Crippen LogP) is 3.84. The van der Waals surface area contributed by atoms with Gasteiger partial charge in [-0.1, -0.05) is 6.92 Å². The smallest absolute Gasteiger partial charge is 0.161 e. The monoisotopic (exact) mass is 285 g/mol. The van der Waals surface area contributed by atoms with Gasteiger partial charge in [0.1, 0.15) is 11.6 Å². The summed E-state index contributed by atoms with van der Waals surface area (Å²) in [6.45, 7) is 8.18. The predicted molar refractivity (Wildman–Crippen MR) is 86.9 cm³/mol. The lowest BCUT2D eigenvalue weighted by Crippen LogP contribution is -2.06. The van der Waals surface area contributed by atoms with Crippen LogP contribution < -0.4 is 10.1 Å². The van der Waals surface area contributed by atoms with Crippen molar-refractivity contribution < 1.29 is 4.74 Å². The Labute approximate surface area is 126 Å². The first-order valence-corrected chi connectivity index (χ1v) is 7.37. The molecule has 2 rings (SSSR count). The third-order valence-corrected chi connectivity index (χ3v) is 3.29. The number of benzene rings is 1. The van der Waals surface area contributed by atoms with Crippen LogP contribution in [0.5, 0.6) is 5.75 Å². The van der Waals surface area contributed by atoms with E-state index in [-0.39, 0.29) is 6.10 Å². The molecular weight excluding hydrogens is 262 g/mol. The Morgan fingerprint density at radius 1 is 1.14 bits per heavy atom. The molecule has 0 fully saturated rings. The number of nitrogens with one attached hydrogen (secondary N) is 1. The number of hydrogen-bond acceptors (Lipinski definition) is 4. The van der Waals surface area contributed by atoms with Gasteiger partial charge < -0.3 is 10.1 Å². The molecule has 0 bridgehead atoms. The third-order valence-electron chi connectivity index (χ3n) is 3.29. The minimum atomic E-state index is 0.175. The highest BCUT2D eigenvalue weighted by Crippen LogP contribution is 2.24. The fraction of sp³-hybridized carbons (Fsp3) is 0.412. The Kier molecular flexibility index (Phi) is 4.78. The van der Waals surface area contributed by atoms with Crippen LogP contribution in [0.1, 0.15) is 32.0 Å². The number of aryl methyl sites for hydroxylation is 1. The van der Waals surface area contributed by atoms with Crippen molar-refractivity contribution in [3.05, 3.63) is 35.5 Å². The molecule has 0 spiro atoms. The van der Waals surface area contributed by atoms with Gasteiger partial charge >= 0.3 is 0 Å². The van der Waals surface area contributed by atoms with E-state index in [1.54, 1.807) is 0 Å². The Bertz CT molecular complexity index is 606. The lowest BCUT2D eigenvalue weighted by atomic mass is 10.1. The molecule has 1 heterocycles. The van der Waals surface area contributed by atoms with Gasteiger partial charge in [0.2, 0.25) is 0 Å². The van der Waals surface area contributed by atoms with E-state index >= 15 is 0 Å². The summed E-state index contributed by atoms with van der Waals surface area (Å²) in [5, 5.41) is 3.16. The van der Waals surface area contributed by atoms with Crippen LogP contribution in [0.25, 0.3) is 11.4 Å². The highest BCUT2D eigenvalue weighted by Gasteiger charge is 2.10. The van der Waals surface area contributed by atoms with Crippen molar-refractivity contribution in [3.63, 3.8) is 0 Å². The second-order valence-corrected chi connectivity index (χ2v) is 5.25. The van der Waals surface area contributed by atoms with Crippen LogP contribution in [0.4, 0.5) is 5.82 Å². The Hall–Kier alpha value is -2.10. The van der Waals surface area contributed by atoms with Crippen LogP contribution in [0.2, 0.25) is 0 Å². The fourth-order valence-corrected chi connectivity index (χ4v) is 2.31. The number of anilines is 1. The van der Waals surface area contributed by atoms with Gasteiger partial charge in [0, 0.05) is 23.9 Å². The van der Waals surface area contributed by atoms with Crippen LogP contribution in [0.3, 0.4) is 0 Å². The quantitative estimate of drug-likeness (QED) is 0.906. The molecular formula is C17H23N3O. The molecule has 0 saturated carbocycles. The lowest BCUT2D eigenvalue weighted by molar-refractivity contribution is 0.242. The number of rotatable bonds is 5. The first kappa shape index (κ1) is 15.3. The maximum Gasteiger partial charge on any atom is 0.161 e. The Balaban J connectivity index is 2.35. The molecule has 112 valence electrons. The van der Waals surface area contributed by atoms with Crippen molar-refractivity contribution in [1.29, 1.82) is 0 Å². The van der Waals surface area contributed by atoms with E-state index in [4.69, 9.17) is 4.74 Å². The van der Waals surface area contributed by atoms with Crippen molar-refractivity contribution in [2.75, 3.05) is 12.4 Å². The molecule has 4 heteroatoms. The zero-order chi connectivity index (χ0) is 15.4. The summed E-state index contributed by atoms with van der Waals surface area (Å²) in [4.78, 5) is 9.24.